The Morgan fingerprint density at radius 2 is 2.11 bits per heavy atom. The van der Waals surface area contributed by atoms with Crippen LogP contribution >= 0.6 is 0 Å². The van der Waals surface area contributed by atoms with Crippen molar-refractivity contribution in [1.29, 1.82) is 0 Å². The fraction of sp³-hybridized carbons (Fsp3) is 0.357. The number of para-hydroxylation sites is 1. The van der Waals surface area contributed by atoms with E-state index in [0.717, 1.165) is 23.9 Å². The van der Waals surface area contributed by atoms with Crippen LogP contribution in [0.25, 0.3) is 11.0 Å². The van der Waals surface area contributed by atoms with Crippen molar-refractivity contribution in [2.45, 2.75) is 6.42 Å². The summed E-state index contributed by atoms with van der Waals surface area (Å²) in [6.07, 6.45) is 0.930. The van der Waals surface area contributed by atoms with E-state index in [1.165, 1.54) is 0 Å². The number of nitrogens with one attached hydrogen (secondary N) is 1. The minimum absolute atomic E-state index is 0.148. The number of nitrogens with zero attached hydrogens (tertiary/aromatic N) is 1. The molecule has 0 bridgehead atoms. The van der Waals surface area contributed by atoms with Crippen LogP contribution in [0.1, 0.15) is 17.0 Å². The van der Waals surface area contributed by atoms with Gasteiger partial charge in [-0.25, -0.2) is 0 Å². The summed E-state index contributed by atoms with van der Waals surface area (Å²) in [6, 6.07) is 9.39. The van der Waals surface area contributed by atoms with E-state index < -0.39 is 0 Å². The Hall–Kier alpha value is -1.81. The Labute approximate surface area is 107 Å². The second kappa shape index (κ2) is 5.69. The molecule has 0 unspecified atom stereocenters. The zero-order valence-electron chi connectivity index (χ0n) is 10.8. The minimum atomic E-state index is -0.148. The highest BCUT2D eigenvalue weighted by molar-refractivity contribution is 5.95. The molecule has 0 atom stereocenters. The summed E-state index contributed by atoms with van der Waals surface area (Å²) < 4.78 is 5.49. The monoisotopic (exact) mass is 246 g/mol. The minimum Gasteiger partial charge on any atom is -0.451 e. The molecular weight excluding hydrogens is 228 g/mol. The van der Waals surface area contributed by atoms with Gasteiger partial charge in [-0.05, 0) is 39.2 Å². The predicted molar refractivity (Wildman–Crippen MR) is 71.7 cm³/mol. The predicted octanol–water partition coefficient (Wildman–Crippen LogP) is 2.11. The molecular formula is C14H18N2O2. The number of benzene rings is 1. The number of rotatable bonds is 5. The highest BCUT2D eigenvalue weighted by Crippen LogP contribution is 2.18. The number of fused-ring (bicyclic) bond motifs is 1. The van der Waals surface area contributed by atoms with Gasteiger partial charge in [-0.15, -0.1) is 0 Å². The first-order valence-corrected chi connectivity index (χ1v) is 6.08. The van der Waals surface area contributed by atoms with Crippen LogP contribution in [0.2, 0.25) is 0 Å². The van der Waals surface area contributed by atoms with Crippen molar-refractivity contribution in [3.63, 3.8) is 0 Å². The molecule has 1 aromatic carbocycles. The van der Waals surface area contributed by atoms with E-state index in [2.05, 4.69) is 10.2 Å². The Balaban J connectivity index is 1.92. The molecule has 96 valence electrons. The SMILES string of the molecule is CN(C)CCCNC(=O)c1cc2ccccc2o1. The maximum atomic E-state index is 11.8. The lowest BCUT2D eigenvalue weighted by Gasteiger charge is -2.08. The second-order valence-corrected chi connectivity index (χ2v) is 4.56. The average molecular weight is 246 g/mol. The largest absolute Gasteiger partial charge is 0.451 e. The van der Waals surface area contributed by atoms with E-state index in [1.54, 1.807) is 6.07 Å². The summed E-state index contributed by atoms with van der Waals surface area (Å²) in [5.41, 5.74) is 0.746. The number of amides is 1. The van der Waals surface area contributed by atoms with Crippen LogP contribution in [0.5, 0.6) is 0 Å². The Morgan fingerprint density at radius 3 is 2.83 bits per heavy atom. The van der Waals surface area contributed by atoms with Crippen LogP contribution in [0, 0.1) is 0 Å². The summed E-state index contributed by atoms with van der Waals surface area (Å²) in [7, 11) is 4.03. The highest BCUT2D eigenvalue weighted by atomic mass is 16.3. The van der Waals surface area contributed by atoms with Crippen molar-refractivity contribution in [2.75, 3.05) is 27.2 Å². The van der Waals surface area contributed by atoms with Crippen LogP contribution in [0.4, 0.5) is 0 Å². The fourth-order valence-electron chi connectivity index (χ4n) is 1.78. The first-order chi connectivity index (χ1) is 8.66. The van der Waals surface area contributed by atoms with Crippen LogP contribution in [-0.4, -0.2) is 38.0 Å². The van der Waals surface area contributed by atoms with Gasteiger partial charge in [0, 0.05) is 11.9 Å². The standard InChI is InChI=1S/C14H18N2O2/c1-16(2)9-5-8-15-14(17)13-10-11-6-3-4-7-12(11)18-13/h3-4,6-7,10H,5,8-9H2,1-2H3,(H,15,17). The summed E-state index contributed by atoms with van der Waals surface area (Å²) in [5, 5.41) is 3.81. The van der Waals surface area contributed by atoms with E-state index >= 15 is 0 Å². The highest BCUT2D eigenvalue weighted by Gasteiger charge is 2.10. The molecule has 1 aromatic heterocycles. The van der Waals surface area contributed by atoms with E-state index in [1.807, 2.05) is 38.4 Å². The molecule has 0 aliphatic heterocycles. The maximum absolute atomic E-state index is 11.8. The molecule has 0 aliphatic rings. The van der Waals surface area contributed by atoms with Gasteiger partial charge >= 0.3 is 0 Å². The summed E-state index contributed by atoms with van der Waals surface area (Å²) in [4.78, 5) is 13.9. The molecule has 0 fully saturated rings. The summed E-state index contributed by atoms with van der Waals surface area (Å²) >= 11 is 0. The van der Waals surface area contributed by atoms with Gasteiger partial charge in [-0.1, -0.05) is 18.2 Å². The first-order valence-electron chi connectivity index (χ1n) is 6.08. The molecule has 0 saturated carbocycles. The molecule has 0 spiro atoms. The van der Waals surface area contributed by atoms with Gasteiger partial charge in [0.25, 0.3) is 5.91 Å². The number of carbonyl (C=O) groups is 1. The molecule has 2 rings (SSSR count). The molecule has 0 radical (unpaired) electrons. The number of hydrogen-bond donors (Lipinski definition) is 1. The van der Waals surface area contributed by atoms with Gasteiger partial charge in [0.05, 0.1) is 0 Å². The van der Waals surface area contributed by atoms with Crippen molar-refractivity contribution in [3.8, 4) is 0 Å². The number of carbonyl (C=O) groups excluding carboxylic acids is 1. The lowest BCUT2D eigenvalue weighted by molar-refractivity contribution is 0.0927. The normalized spacial score (nSPS) is 11.1. The maximum Gasteiger partial charge on any atom is 0.287 e. The van der Waals surface area contributed by atoms with E-state index in [4.69, 9.17) is 4.42 Å². The van der Waals surface area contributed by atoms with Gasteiger partial charge in [0.2, 0.25) is 0 Å². The topological polar surface area (TPSA) is 45.5 Å². The quantitative estimate of drug-likeness (QED) is 0.822. The van der Waals surface area contributed by atoms with E-state index in [0.29, 0.717) is 12.3 Å². The molecule has 4 nitrogen and oxygen atoms in total. The van der Waals surface area contributed by atoms with Crippen molar-refractivity contribution >= 4 is 16.9 Å². The zero-order valence-corrected chi connectivity index (χ0v) is 10.8. The van der Waals surface area contributed by atoms with Gasteiger partial charge in [0.1, 0.15) is 5.58 Å². The average Bonchev–Trinajstić information content (AvgIpc) is 2.78. The molecule has 0 saturated heterocycles. The van der Waals surface area contributed by atoms with Crippen LogP contribution in [-0.2, 0) is 0 Å². The second-order valence-electron chi connectivity index (χ2n) is 4.56. The van der Waals surface area contributed by atoms with Gasteiger partial charge in [-0.3, -0.25) is 4.79 Å². The van der Waals surface area contributed by atoms with Gasteiger partial charge in [-0.2, -0.15) is 0 Å². The molecule has 18 heavy (non-hydrogen) atoms. The number of furan rings is 1. The lowest BCUT2D eigenvalue weighted by atomic mass is 10.2. The molecule has 2 aromatic rings. The third kappa shape index (κ3) is 3.11. The molecule has 1 amide bonds. The van der Waals surface area contributed by atoms with Gasteiger partial charge < -0.3 is 14.6 Å². The Bertz CT molecular complexity index is 498. The van der Waals surface area contributed by atoms with Crippen molar-refractivity contribution in [3.05, 3.63) is 36.1 Å². The van der Waals surface area contributed by atoms with Crippen LogP contribution in [0.15, 0.2) is 34.7 Å². The van der Waals surface area contributed by atoms with E-state index in [9.17, 15) is 4.79 Å². The summed E-state index contributed by atoms with van der Waals surface area (Å²) in [6.45, 7) is 1.62. The molecule has 1 N–H and O–H groups in total. The Morgan fingerprint density at radius 1 is 1.33 bits per heavy atom. The fourth-order valence-corrected chi connectivity index (χ4v) is 1.78. The zero-order chi connectivity index (χ0) is 13.0. The molecule has 4 heteroatoms. The van der Waals surface area contributed by atoms with Crippen molar-refractivity contribution < 1.29 is 9.21 Å². The smallest absolute Gasteiger partial charge is 0.287 e. The molecule has 1 heterocycles. The molecule has 0 aliphatic carbocycles. The first kappa shape index (κ1) is 12.6. The number of hydrogen-bond acceptors (Lipinski definition) is 3. The lowest BCUT2D eigenvalue weighted by Crippen LogP contribution is -2.26. The summed E-state index contributed by atoms with van der Waals surface area (Å²) in [5.74, 6) is 0.228. The van der Waals surface area contributed by atoms with Crippen molar-refractivity contribution in [2.24, 2.45) is 0 Å². The third-order valence-electron chi connectivity index (χ3n) is 2.72. The Kier molecular flexibility index (Phi) is 3.99. The van der Waals surface area contributed by atoms with Crippen molar-refractivity contribution in [1.82, 2.24) is 10.2 Å². The van der Waals surface area contributed by atoms with E-state index in [-0.39, 0.29) is 5.91 Å². The van der Waals surface area contributed by atoms with Gasteiger partial charge in [0.15, 0.2) is 5.76 Å². The van der Waals surface area contributed by atoms with Crippen LogP contribution < -0.4 is 5.32 Å². The van der Waals surface area contributed by atoms with Crippen LogP contribution in [0.3, 0.4) is 0 Å². The third-order valence-corrected chi connectivity index (χ3v) is 2.72.